The molecule has 348 valence electrons. The number of nitrogens with one attached hydrogen (secondary N) is 4. The van der Waals surface area contributed by atoms with Crippen LogP contribution in [0.5, 0.6) is 0 Å². The number of para-hydroxylation sites is 1. The molecule has 7 rings (SSSR count). The van der Waals surface area contributed by atoms with Crippen molar-refractivity contribution in [3.63, 3.8) is 0 Å². The van der Waals surface area contributed by atoms with Gasteiger partial charge < -0.3 is 30.3 Å². The number of amides is 5. The van der Waals surface area contributed by atoms with Gasteiger partial charge in [-0.2, -0.15) is 13.2 Å². The smallest absolute Gasteiger partial charge is 0.410 e. The molecule has 0 bridgehead atoms. The molecule has 4 N–H and O–H groups in total. The van der Waals surface area contributed by atoms with Gasteiger partial charge in [-0.3, -0.25) is 24.2 Å². The topological polar surface area (TPSA) is 196 Å². The predicted octanol–water partition coefficient (Wildman–Crippen LogP) is 4.70. The molecule has 2 saturated heterocycles. The van der Waals surface area contributed by atoms with E-state index in [1.807, 2.05) is 0 Å². The molecule has 1 saturated carbocycles. The summed E-state index contributed by atoms with van der Waals surface area (Å²) in [6.07, 6.45) is -3.27. The van der Waals surface area contributed by atoms with E-state index in [4.69, 9.17) is 9.47 Å². The van der Waals surface area contributed by atoms with Gasteiger partial charge in [0.15, 0.2) is 0 Å². The third-order valence-electron chi connectivity index (χ3n) is 12.5. The van der Waals surface area contributed by atoms with Crippen LogP contribution in [-0.4, -0.2) is 122 Å². The highest BCUT2D eigenvalue weighted by Gasteiger charge is 2.61. The van der Waals surface area contributed by atoms with E-state index in [9.17, 15) is 50.0 Å². The number of carbonyl (C=O) groups is 5. The largest absolute Gasteiger partial charge is 0.446 e. The molecule has 4 heterocycles. The van der Waals surface area contributed by atoms with E-state index in [2.05, 4.69) is 27.3 Å². The van der Waals surface area contributed by atoms with Crippen LogP contribution in [-0.2, 0) is 47.0 Å². The third kappa shape index (κ3) is 10.9. The highest BCUT2D eigenvalue weighted by Crippen LogP contribution is 2.45. The van der Waals surface area contributed by atoms with Crippen LogP contribution >= 0.6 is 0 Å². The third-order valence-corrected chi connectivity index (χ3v) is 13.9. The minimum Gasteiger partial charge on any atom is -0.446 e. The Labute approximate surface area is 368 Å². The number of hydrogen-bond acceptors (Lipinski definition) is 11. The molecule has 0 unspecified atom stereocenters. The summed E-state index contributed by atoms with van der Waals surface area (Å²) in [5.74, 6) is -3.79. The normalized spacial score (nSPS) is 27.2. The van der Waals surface area contributed by atoms with Crippen molar-refractivity contribution in [2.75, 3.05) is 38.0 Å². The average Bonchev–Trinajstić information content (AvgIpc) is 3.52. The van der Waals surface area contributed by atoms with Gasteiger partial charge in [0.05, 0.1) is 25.3 Å². The zero-order valence-electron chi connectivity index (χ0n) is 35.2. The first-order valence-corrected chi connectivity index (χ1v) is 23.1. The fraction of sp³-hybridized carbons (Fsp3) is 0.558. The van der Waals surface area contributed by atoms with Gasteiger partial charge in [0.2, 0.25) is 11.8 Å². The van der Waals surface area contributed by atoms with Gasteiger partial charge in [-0.1, -0.05) is 56.0 Å². The van der Waals surface area contributed by atoms with Crippen molar-refractivity contribution in [1.82, 2.24) is 30.1 Å². The summed E-state index contributed by atoms with van der Waals surface area (Å²) in [6, 6.07) is 7.96. The number of piperidine rings is 1. The highest BCUT2D eigenvalue weighted by molar-refractivity contribution is 7.90. The van der Waals surface area contributed by atoms with Gasteiger partial charge in [-0.05, 0) is 55.9 Å². The van der Waals surface area contributed by atoms with Gasteiger partial charge >= 0.3 is 18.4 Å². The molecular formula is C43H53F4N7O9S. The molecule has 3 fully saturated rings. The first kappa shape index (κ1) is 46.5. The molecular weight excluding hydrogens is 867 g/mol. The van der Waals surface area contributed by atoms with Gasteiger partial charge in [0, 0.05) is 44.1 Å². The summed E-state index contributed by atoms with van der Waals surface area (Å²) in [5.41, 5.74) is -0.567. The van der Waals surface area contributed by atoms with E-state index < -0.39 is 94.2 Å². The molecule has 0 radical (unpaired) electrons. The van der Waals surface area contributed by atoms with Crippen LogP contribution in [0.2, 0.25) is 0 Å². The summed E-state index contributed by atoms with van der Waals surface area (Å²) >= 11 is 0. The lowest BCUT2D eigenvalue weighted by molar-refractivity contribution is -0.150. The summed E-state index contributed by atoms with van der Waals surface area (Å²) in [7, 11) is -4.48. The highest BCUT2D eigenvalue weighted by atomic mass is 32.2. The van der Waals surface area contributed by atoms with Crippen molar-refractivity contribution in [2.24, 2.45) is 5.92 Å². The van der Waals surface area contributed by atoms with Crippen LogP contribution in [0, 0.1) is 11.7 Å². The standard InChI is InChI=1S/C43H53F4N7O9S/c1-2-28-22-42(28)39(57)51-64(60,61)36-15-8-7-13-33(36)48-18-9-5-3-4-6-14-34(49-40(58)62-29-16-19-52(20-17-29)26-43(45,46)47)38(56)54-24-30(21-35(54)37(55)50-42)63-41(59)53-23-27-11-10-12-32(44)31(27)25-53/h2,7-8,10-13,15,28-30,34-35,48H,1,3-6,9,14,16-26H2,(H,49,58)(H,50,55)(H,51,57)/t28-,30-,34+,35+,42-/m1/s1. The quantitative estimate of drug-likeness (QED) is 0.240. The molecule has 5 amide bonds. The Kier molecular flexibility index (Phi) is 14.1. The van der Waals surface area contributed by atoms with Crippen molar-refractivity contribution in [3.05, 3.63) is 72.1 Å². The van der Waals surface area contributed by atoms with E-state index in [0.29, 0.717) is 43.4 Å². The number of nitrogens with zero attached hydrogens (tertiary/aromatic N) is 3. The lowest BCUT2D eigenvalue weighted by atomic mass is 10.0. The van der Waals surface area contributed by atoms with Crippen LogP contribution in [0.25, 0.3) is 0 Å². The zero-order chi connectivity index (χ0) is 45.8. The number of hydrogen-bond donors (Lipinski definition) is 4. The number of sulfonamides is 1. The van der Waals surface area contributed by atoms with Crippen LogP contribution in [0.1, 0.15) is 75.3 Å². The fourth-order valence-corrected chi connectivity index (χ4v) is 10.2. The van der Waals surface area contributed by atoms with E-state index in [1.54, 1.807) is 18.2 Å². The maximum atomic E-state index is 14.7. The van der Waals surface area contributed by atoms with Crippen molar-refractivity contribution < 1.29 is 59.4 Å². The van der Waals surface area contributed by atoms with Gasteiger partial charge in [0.25, 0.3) is 15.9 Å². The second-order valence-corrected chi connectivity index (χ2v) is 18.7. The van der Waals surface area contributed by atoms with Crippen molar-refractivity contribution in [2.45, 2.75) is 118 Å². The van der Waals surface area contributed by atoms with Crippen molar-refractivity contribution in [1.29, 1.82) is 0 Å². The van der Waals surface area contributed by atoms with Crippen LogP contribution in [0.4, 0.5) is 32.8 Å². The molecule has 64 heavy (non-hydrogen) atoms. The van der Waals surface area contributed by atoms with Gasteiger partial charge in [0.1, 0.15) is 40.5 Å². The Hall–Kier alpha value is -5.44. The van der Waals surface area contributed by atoms with Crippen molar-refractivity contribution >= 4 is 45.6 Å². The number of anilines is 1. The summed E-state index contributed by atoms with van der Waals surface area (Å²) in [4.78, 5) is 73.6. The lowest BCUT2D eigenvalue weighted by Gasteiger charge is -2.33. The predicted molar refractivity (Wildman–Crippen MR) is 222 cm³/mol. The van der Waals surface area contributed by atoms with E-state index in [1.165, 1.54) is 40.1 Å². The Morgan fingerprint density at radius 3 is 2.39 bits per heavy atom. The second kappa shape index (κ2) is 19.3. The molecule has 2 aromatic carbocycles. The van der Waals surface area contributed by atoms with Crippen LogP contribution in [0.3, 0.4) is 0 Å². The maximum absolute atomic E-state index is 14.7. The maximum Gasteiger partial charge on any atom is 0.410 e. The number of fused-ring (bicyclic) bond motifs is 3. The number of likely N-dealkylation sites (tertiary alicyclic amines) is 1. The number of ether oxygens (including phenoxy) is 2. The molecule has 21 heteroatoms. The molecule has 4 aliphatic heterocycles. The lowest BCUT2D eigenvalue weighted by Crippen LogP contribution is -2.58. The zero-order valence-corrected chi connectivity index (χ0v) is 36.0. The molecule has 16 nitrogen and oxygen atoms in total. The van der Waals surface area contributed by atoms with Crippen LogP contribution < -0.4 is 20.7 Å². The summed E-state index contributed by atoms with van der Waals surface area (Å²) in [6.45, 7) is 2.85. The Morgan fingerprint density at radius 1 is 0.938 bits per heavy atom. The molecule has 2 aromatic rings. The second-order valence-electron chi connectivity index (χ2n) is 17.1. The Bertz CT molecular complexity index is 2220. The van der Waals surface area contributed by atoms with E-state index in [-0.39, 0.29) is 75.4 Å². The summed E-state index contributed by atoms with van der Waals surface area (Å²) < 4.78 is 94.5. The van der Waals surface area contributed by atoms with Gasteiger partial charge in [-0.25, -0.2) is 27.1 Å². The first-order chi connectivity index (χ1) is 30.5. The Morgan fingerprint density at radius 2 is 1.67 bits per heavy atom. The van der Waals surface area contributed by atoms with E-state index >= 15 is 0 Å². The average molecular weight is 920 g/mol. The number of halogens is 4. The molecule has 1 aliphatic carbocycles. The van der Waals surface area contributed by atoms with Crippen molar-refractivity contribution in [3.8, 4) is 0 Å². The monoisotopic (exact) mass is 919 g/mol. The van der Waals surface area contributed by atoms with E-state index in [0.717, 1.165) is 11.3 Å². The molecule has 1 spiro atoms. The molecule has 0 aromatic heterocycles. The SMILES string of the molecule is C=C[C@@H]1C[C@@]12NC(=O)[C@@H]1C[C@@H](OC(=O)N3Cc4cccc(F)c4C3)CN1C(=O)[C@@H](NC(=O)OC1CCN(CC(F)(F)F)CC1)CCCCCCCNc1ccccc1S(=O)(=O)NC2=O. The number of rotatable bonds is 5. The van der Waals surface area contributed by atoms with Gasteiger partial charge in [-0.15, -0.1) is 6.58 Å². The molecule has 5 atom stereocenters. The minimum absolute atomic E-state index is 0.0141. The first-order valence-electron chi connectivity index (χ1n) is 21.6. The number of alkyl carbamates (subject to hydrolysis) is 1. The fourth-order valence-electron chi connectivity index (χ4n) is 9.01. The number of alkyl halides is 3. The summed E-state index contributed by atoms with van der Waals surface area (Å²) in [5, 5.41) is 8.46. The number of carbonyl (C=O) groups excluding carboxylic acids is 5. The molecule has 5 aliphatic rings. The minimum atomic E-state index is -4.48. The van der Waals surface area contributed by atoms with Crippen LogP contribution in [0.15, 0.2) is 60.0 Å². The number of benzene rings is 2. The Balaban J connectivity index is 1.13.